The second kappa shape index (κ2) is 8.65. The Balaban J connectivity index is 1.23. The van der Waals surface area contributed by atoms with E-state index in [1.165, 1.54) is 64.8 Å². The highest BCUT2D eigenvalue weighted by molar-refractivity contribution is 6.18. The van der Waals surface area contributed by atoms with Crippen LogP contribution in [0.2, 0.25) is 0 Å². The van der Waals surface area contributed by atoms with E-state index in [-0.39, 0.29) is 17.0 Å². The number of rotatable bonds is 1. The molecule has 0 bridgehead atoms. The fraction of sp³-hybridized carbons (Fsp3) is 0. The Morgan fingerprint density at radius 2 is 1.02 bits per heavy atom. The molecule has 2 aromatic heterocycles. The fourth-order valence-electron chi connectivity index (χ4n) is 7.09. The number of nitrogens with zero attached hydrogens (tertiary/aromatic N) is 3. The van der Waals surface area contributed by atoms with E-state index in [1.54, 1.807) is 0 Å². The van der Waals surface area contributed by atoms with Crippen LogP contribution >= 0.6 is 0 Å². The molecular formula is C39H23N5O. The topological polar surface area (TPSA) is 89.6 Å². The fourth-order valence-corrected chi connectivity index (χ4v) is 7.09. The third-order valence-corrected chi connectivity index (χ3v) is 9.27. The summed E-state index contributed by atoms with van der Waals surface area (Å²) in [4.78, 5) is 24.9. The first-order valence-electron chi connectivity index (χ1n) is 14.9. The van der Waals surface area contributed by atoms with Gasteiger partial charge in [0.1, 0.15) is 0 Å². The van der Waals surface area contributed by atoms with Crippen LogP contribution in [0, 0.1) is 0 Å². The first kappa shape index (κ1) is 24.2. The van der Waals surface area contributed by atoms with Gasteiger partial charge in [0.2, 0.25) is 5.95 Å². The summed E-state index contributed by atoms with van der Waals surface area (Å²) in [6.07, 6.45) is 1.46. The Morgan fingerprint density at radius 1 is 0.533 bits per heavy atom. The van der Waals surface area contributed by atoms with E-state index in [0.717, 1.165) is 21.5 Å². The van der Waals surface area contributed by atoms with Crippen LogP contribution in [0.25, 0.3) is 92.3 Å². The Morgan fingerprint density at radius 3 is 1.67 bits per heavy atom. The first-order chi connectivity index (χ1) is 22.1. The molecule has 6 heteroatoms. The number of nitrogens with one attached hydrogen (secondary N) is 1. The van der Waals surface area contributed by atoms with Crippen molar-refractivity contribution in [3.8, 4) is 5.69 Å². The van der Waals surface area contributed by atoms with Crippen LogP contribution < -0.4 is 11.3 Å². The summed E-state index contributed by atoms with van der Waals surface area (Å²) >= 11 is 0. The molecule has 2 heterocycles. The van der Waals surface area contributed by atoms with Gasteiger partial charge in [-0.2, -0.15) is 4.98 Å². The van der Waals surface area contributed by atoms with Gasteiger partial charge < -0.3 is 10.7 Å². The first-order valence-corrected chi connectivity index (χ1v) is 14.9. The molecule has 8 aromatic carbocycles. The molecule has 0 aliphatic rings. The van der Waals surface area contributed by atoms with Crippen LogP contribution in [0.1, 0.15) is 0 Å². The lowest BCUT2D eigenvalue weighted by Crippen LogP contribution is -2.23. The minimum absolute atomic E-state index is 0.112. The summed E-state index contributed by atoms with van der Waals surface area (Å²) < 4.78 is 1.45. The molecule has 3 N–H and O–H groups in total. The second-order valence-corrected chi connectivity index (χ2v) is 11.9. The van der Waals surface area contributed by atoms with Gasteiger partial charge >= 0.3 is 0 Å². The average molecular weight is 578 g/mol. The largest absolute Gasteiger partial charge is 0.369 e. The molecule has 10 rings (SSSR count). The van der Waals surface area contributed by atoms with Crippen LogP contribution in [-0.4, -0.2) is 19.5 Å². The average Bonchev–Trinajstić information content (AvgIpc) is 3.52. The van der Waals surface area contributed by atoms with Gasteiger partial charge in [-0.05, 0) is 137 Å². The van der Waals surface area contributed by atoms with Gasteiger partial charge in [-0.25, -0.2) is 9.55 Å². The van der Waals surface area contributed by atoms with Gasteiger partial charge in [-0.15, -0.1) is 0 Å². The maximum absolute atomic E-state index is 13.5. The second-order valence-electron chi connectivity index (χ2n) is 11.9. The van der Waals surface area contributed by atoms with Crippen molar-refractivity contribution >= 4 is 92.5 Å². The number of anilines is 1. The zero-order valence-corrected chi connectivity index (χ0v) is 23.9. The molecule has 0 aliphatic heterocycles. The number of imidazole rings is 1. The molecule has 0 spiro atoms. The van der Waals surface area contributed by atoms with Crippen molar-refractivity contribution in [3.63, 3.8) is 0 Å². The van der Waals surface area contributed by atoms with Gasteiger partial charge in [0, 0.05) is 5.39 Å². The van der Waals surface area contributed by atoms with Crippen molar-refractivity contribution in [2.75, 3.05) is 5.73 Å². The van der Waals surface area contributed by atoms with Crippen molar-refractivity contribution < 1.29 is 0 Å². The zero-order valence-electron chi connectivity index (χ0n) is 23.9. The number of hydrogen-bond donors (Lipinski definition) is 2. The van der Waals surface area contributed by atoms with Crippen LogP contribution in [0.15, 0.2) is 126 Å². The van der Waals surface area contributed by atoms with Crippen molar-refractivity contribution in [2.45, 2.75) is 0 Å². The van der Waals surface area contributed by atoms with Crippen molar-refractivity contribution in [1.29, 1.82) is 0 Å². The van der Waals surface area contributed by atoms with Gasteiger partial charge in [0.25, 0.3) is 5.56 Å². The van der Waals surface area contributed by atoms with E-state index < -0.39 is 0 Å². The highest BCUT2D eigenvalue weighted by Crippen LogP contribution is 2.36. The molecule has 10 aromatic rings. The number of aromatic nitrogens is 4. The Bertz CT molecular complexity index is 2970. The zero-order chi connectivity index (χ0) is 29.8. The van der Waals surface area contributed by atoms with E-state index in [2.05, 4.69) is 118 Å². The van der Waals surface area contributed by atoms with Crippen molar-refractivity contribution in [3.05, 3.63) is 132 Å². The number of H-pyrrole nitrogens is 1. The maximum Gasteiger partial charge on any atom is 0.287 e. The Kier molecular flexibility index (Phi) is 4.65. The van der Waals surface area contributed by atoms with E-state index >= 15 is 0 Å². The third-order valence-electron chi connectivity index (χ3n) is 9.27. The number of nitrogens with two attached hydrogens (primary N) is 1. The number of aromatic amines is 1. The lowest BCUT2D eigenvalue weighted by atomic mass is 9.93. The van der Waals surface area contributed by atoms with Gasteiger partial charge in [0.05, 0.1) is 12.0 Å². The molecule has 0 saturated heterocycles. The van der Waals surface area contributed by atoms with Crippen LogP contribution in [0.3, 0.4) is 0 Å². The van der Waals surface area contributed by atoms with Crippen LogP contribution in [0.4, 0.5) is 5.95 Å². The van der Waals surface area contributed by atoms with Crippen LogP contribution in [-0.2, 0) is 0 Å². The van der Waals surface area contributed by atoms with Crippen molar-refractivity contribution in [2.24, 2.45) is 0 Å². The number of hydrogen-bond acceptors (Lipinski definition) is 4. The normalized spacial score (nSPS) is 12.2. The summed E-state index contributed by atoms with van der Waals surface area (Å²) in [5, 5.41) is 16.4. The molecule has 0 saturated carbocycles. The maximum atomic E-state index is 13.5. The molecule has 0 fully saturated rings. The standard InChI is InChI=1S/C39H23N5O/c40-39-43-37-36(41-20-42-37)38(45)44(39)35-7-3-6-23-12-28-13-24-8-9-25-14-29-15-26-10-21-4-1-2-5-22(21)11-27(26)16-30(29)17-32(25)33(24)18-31(28)19-34(23)35/h1-20H,(H2,40,43)(H,41,42). The van der Waals surface area contributed by atoms with E-state index in [9.17, 15) is 4.79 Å². The lowest BCUT2D eigenvalue weighted by Gasteiger charge is -2.14. The van der Waals surface area contributed by atoms with E-state index in [1.807, 2.05) is 12.1 Å². The van der Waals surface area contributed by atoms with Gasteiger partial charge in [0.15, 0.2) is 11.2 Å². The quantitative estimate of drug-likeness (QED) is 0.151. The smallest absolute Gasteiger partial charge is 0.287 e. The Hall–Kier alpha value is -6.27. The molecule has 0 unspecified atom stereocenters. The minimum atomic E-state index is -0.303. The SMILES string of the molecule is Nc1nc2[nH]cnc2c(=O)n1-c1cccc2cc3cc4ccc5cc6cc7cc8ccccc8cc7cc6cc5c4cc3cc12. The lowest BCUT2D eigenvalue weighted by molar-refractivity contribution is 0.985. The molecule has 0 radical (unpaired) electrons. The molecule has 45 heavy (non-hydrogen) atoms. The van der Waals surface area contributed by atoms with Gasteiger partial charge in [-0.3, -0.25) is 4.79 Å². The summed E-state index contributed by atoms with van der Waals surface area (Å²) in [5.41, 5.74) is 7.34. The molecule has 210 valence electrons. The van der Waals surface area contributed by atoms with Crippen molar-refractivity contribution in [1.82, 2.24) is 19.5 Å². The monoisotopic (exact) mass is 577 g/mol. The summed E-state index contributed by atoms with van der Waals surface area (Å²) in [5.74, 6) is 0.112. The minimum Gasteiger partial charge on any atom is -0.369 e. The van der Waals surface area contributed by atoms with Crippen LogP contribution in [0.5, 0.6) is 0 Å². The molecule has 0 atom stereocenters. The summed E-state index contributed by atoms with van der Waals surface area (Å²) in [7, 11) is 0. The molecule has 6 nitrogen and oxygen atoms in total. The van der Waals surface area contributed by atoms with E-state index in [4.69, 9.17) is 5.73 Å². The molecule has 0 aliphatic carbocycles. The molecular weight excluding hydrogens is 554 g/mol. The number of fused-ring (bicyclic) bond motifs is 9. The summed E-state index contributed by atoms with van der Waals surface area (Å²) in [6.45, 7) is 0. The highest BCUT2D eigenvalue weighted by Gasteiger charge is 2.15. The number of nitrogen functional groups attached to an aromatic ring is 1. The predicted molar refractivity (Wildman–Crippen MR) is 186 cm³/mol. The van der Waals surface area contributed by atoms with E-state index in [0.29, 0.717) is 11.3 Å². The molecule has 0 amide bonds. The highest BCUT2D eigenvalue weighted by atomic mass is 16.1. The van der Waals surface area contributed by atoms with Gasteiger partial charge in [-0.1, -0.05) is 48.5 Å². The number of benzene rings is 8. The third kappa shape index (κ3) is 3.48. The summed E-state index contributed by atoms with van der Waals surface area (Å²) in [6, 6.07) is 41.5. The Labute approximate surface area is 255 Å². The predicted octanol–water partition coefficient (Wildman–Crippen LogP) is 8.76.